The lowest BCUT2D eigenvalue weighted by atomic mass is 10.1. The van der Waals surface area contributed by atoms with Gasteiger partial charge in [-0.25, -0.2) is 9.18 Å². The molecule has 0 radical (unpaired) electrons. The van der Waals surface area contributed by atoms with Crippen molar-refractivity contribution in [2.24, 2.45) is 0 Å². The summed E-state index contributed by atoms with van der Waals surface area (Å²) >= 11 is 0. The number of hydrogen-bond donors (Lipinski definition) is 1. The number of halogens is 1. The number of ether oxygens (including phenoxy) is 3. The standard InChI is InChI=1S/C11H15FN2O5/c1-17-5-6-9(18-2)8(12)10(19-6)14-4-3-7(15)13-11(14)16/h3-4,6,8-10H,5H2,1-2H3,(H,13,15,16)/t6-,8?,9+,10-/m1/s1. The summed E-state index contributed by atoms with van der Waals surface area (Å²) in [7, 11) is 2.82. The Morgan fingerprint density at radius 1 is 1.47 bits per heavy atom. The topological polar surface area (TPSA) is 82.5 Å². The van der Waals surface area contributed by atoms with E-state index in [4.69, 9.17) is 14.2 Å². The molecule has 8 heteroatoms. The van der Waals surface area contributed by atoms with Gasteiger partial charge < -0.3 is 14.2 Å². The number of nitrogens with one attached hydrogen (secondary N) is 1. The number of nitrogens with zero attached hydrogens (tertiary/aromatic N) is 1. The molecule has 2 rings (SSSR count). The van der Waals surface area contributed by atoms with Crippen molar-refractivity contribution in [3.05, 3.63) is 33.1 Å². The van der Waals surface area contributed by atoms with Gasteiger partial charge in [-0.15, -0.1) is 0 Å². The van der Waals surface area contributed by atoms with E-state index in [0.717, 1.165) is 10.6 Å². The summed E-state index contributed by atoms with van der Waals surface area (Å²) in [6.45, 7) is 0.146. The maximum absolute atomic E-state index is 14.2. The van der Waals surface area contributed by atoms with E-state index in [1.165, 1.54) is 20.4 Å². The summed E-state index contributed by atoms with van der Waals surface area (Å²) in [4.78, 5) is 24.6. The SMILES string of the molecule is COC[C@H]1O[C@@H](n2ccc(=O)[nH]c2=O)C(F)[C@H]1OC. The van der Waals surface area contributed by atoms with E-state index in [1.807, 2.05) is 4.98 Å². The fourth-order valence-corrected chi connectivity index (χ4v) is 2.13. The molecular weight excluding hydrogens is 259 g/mol. The lowest BCUT2D eigenvalue weighted by Gasteiger charge is -2.16. The molecule has 0 amide bonds. The monoisotopic (exact) mass is 274 g/mol. The zero-order valence-electron chi connectivity index (χ0n) is 10.5. The molecule has 106 valence electrons. The molecular formula is C11H15FN2O5. The molecule has 1 aromatic heterocycles. The van der Waals surface area contributed by atoms with Crippen molar-refractivity contribution in [3.63, 3.8) is 0 Å². The van der Waals surface area contributed by atoms with Crippen LogP contribution in [0.4, 0.5) is 4.39 Å². The zero-order chi connectivity index (χ0) is 14.0. The molecule has 7 nitrogen and oxygen atoms in total. The average Bonchev–Trinajstić information content (AvgIpc) is 2.66. The number of alkyl halides is 1. The zero-order valence-corrected chi connectivity index (χ0v) is 10.5. The van der Waals surface area contributed by atoms with E-state index in [-0.39, 0.29) is 6.61 Å². The molecule has 0 bridgehead atoms. The second-order valence-electron chi connectivity index (χ2n) is 4.18. The second-order valence-corrected chi connectivity index (χ2v) is 4.18. The summed E-state index contributed by atoms with van der Waals surface area (Å²) in [5.41, 5.74) is -1.28. The molecule has 1 aliphatic rings. The minimum absolute atomic E-state index is 0.146. The Balaban J connectivity index is 2.30. The summed E-state index contributed by atoms with van der Waals surface area (Å²) < 4.78 is 30.6. The minimum Gasteiger partial charge on any atom is -0.382 e. The van der Waals surface area contributed by atoms with E-state index in [2.05, 4.69) is 0 Å². The molecule has 0 aliphatic carbocycles. The highest BCUT2D eigenvalue weighted by molar-refractivity contribution is 4.94. The highest BCUT2D eigenvalue weighted by Crippen LogP contribution is 2.32. The largest absolute Gasteiger partial charge is 0.382 e. The van der Waals surface area contributed by atoms with Gasteiger partial charge in [-0.05, 0) is 0 Å². The second kappa shape index (κ2) is 5.64. The van der Waals surface area contributed by atoms with Crippen LogP contribution in [0.25, 0.3) is 0 Å². The van der Waals surface area contributed by atoms with Gasteiger partial charge in [0.1, 0.15) is 12.2 Å². The van der Waals surface area contributed by atoms with Crippen LogP contribution >= 0.6 is 0 Å². The van der Waals surface area contributed by atoms with E-state index >= 15 is 0 Å². The van der Waals surface area contributed by atoms with Crippen LogP contribution in [0.15, 0.2) is 21.9 Å². The van der Waals surface area contributed by atoms with Gasteiger partial charge in [0.05, 0.1) is 6.61 Å². The smallest absolute Gasteiger partial charge is 0.330 e. The van der Waals surface area contributed by atoms with Crippen LogP contribution < -0.4 is 11.2 Å². The average molecular weight is 274 g/mol. The fourth-order valence-electron chi connectivity index (χ4n) is 2.13. The number of rotatable bonds is 4. The van der Waals surface area contributed by atoms with Crippen molar-refractivity contribution in [2.75, 3.05) is 20.8 Å². The van der Waals surface area contributed by atoms with Gasteiger partial charge in [-0.2, -0.15) is 0 Å². The van der Waals surface area contributed by atoms with Crippen LogP contribution in [-0.4, -0.2) is 48.8 Å². The summed E-state index contributed by atoms with van der Waals surface area (Å²) in [6, 6.07) is 1.13. The first-order valence-electron chi connectivity index (χ1n) is 5.71. The first kappa shape index (κ1) is 13.9. The van der Waals surface area contributed by atoms with Crippen molar-refractivity contribution >= 4 is 0 Å². The lowest BCUT2D eigenvalue weighted by molar-refractivity contribution is -0.0625. The quantitative estimate of drug-likeness (QED) is 0.795. The summed E-state index contributed by atoms with van der Waals surface area (Å²) in [6.07, 6.45) is -2.93. The van der Waals surface area contributed by atoms with Crippen molar-refractivity contribution in [1.82, 2.24) is 9.55 Å². The lowest BCUT2D eigenvalue weighted by Crippen LogP contribution is -2.36. The van der Waals surface area contributed by atoms with E-state index in [1.54, 1.807) is 0 Å². The molecule has 0 aromatic carbocycles. The maximum Gasteiger partial charge on any atom is 0.330 e. The highest BCUT2D eigenvalue weighted by atomic mass is 19.1. The van der Waals surface area contributed by atoms with Gasteiger partial charge >= 0.3 is 5.69 Å². The molecule has 4 atom stereocenters. The first-order valence-corrected chi connectivity index (χ1v) is 5.71. The normalized spacial score (nSPS) is 30.7. The number of hydrogen-bond acceptors (Lipinski definition) is 5. The Labute approximate surface area is 107 Å². The molecule has 0 saturated carbocycles. The molecule has 1 fully saturated rings. The summed E-state index contributed by atoms with van der Waals surface area (Å²) in [5, 5.41) is 0. The molecule has 1 aromatic rings. The Bertz CT molecular complexity index is 542. The van der Waals surface area contributed by atoms with Gasteiger partial charge in [0.15, 0.2) is 12.4 Å². The Hall–Kier alpha value is -1.51. The van der Waals surface area contributed by atoms with Crippen LogP contribution in [0.3, 0.4) is 0 Å². The number of aromatic amines is 1. The molecule has 19 heavy (non-hydrogen) atoms. The predicted octanol–water partition coefficient (Wildman–Crippen LogP) is -0.566. The Morgan fingerprint density at radius 3 is 2.79 bits per heavy atom. The van der Waals surface area contributed by atoms with Crippen LogP contribution in [0.1, 0.15) is 6.23 Å². The Morgan fingerprint density at radius 2 is 2.21 bits per heavy atom. The van der Waals surface area contributed by atoms with Gasteiger partial charge in [-0.1, -0.05) is 0 Å². The van der Waals surface area contributed by atoms with Gasteiger partial charge in [-0.3, -0.25) is 14.3 Å². The number of methoxy groups -OCH3 is 2. The summed E-state index contributed by atoms with van der Waals surface area (Å²) in [5.74, 6) is 0. The van der Waals surface area contributed by atoms with E-state index in [0.29, 0.717) is 0 Å². The van der Waals surface area contributed by atoms with Gasteiger partial charge in [0, 0.05) is 26.5 Å². The minimum atomic E-state index is -1.53. The third kappa shape index (κ3) is 2.60. The van der Waals surface area contributed by atoms with Crippen LogP contribution in [-0.2, 0) is 14.2 Å². The Kier molecular flexibility index (Phi) is 4.13. The third-order valence-corrected chi connectivity index (χ3v) is 3.00. The van der Waals surface area contributed by atoms with Crippen molar-refractivity contribution in [2.45, 2.75) is 24.6 Å². The molecule has 1 N–H and O–H groups in total. The predicted molar refractivity (Wildman–Crippen MR) is 62.8 cm³/mol. The van der Waals surface area contributed by atoms with Gasteiger partial charge in [0.2, 0.25) is 0 Å². The number of H-pyrrole nitrogens is 1. The highest BCUT2D eigenvalue weighted by Gasteiger charge is 2.46. The molecule has 1 aliphatic heterocycles. The van der Waals surface area contributed by atoms with E-state index in [9.17, 15) is 14.0 Å². The van der Waals surface area contributed by atoms with Gasteiger partial charge in [0.25, 0.3) is 5.56 Å². The van der Waals surface area contributed by atoms with Crippen molar-refractivity contribution in [1.29, 1.82) is 0 Å². The van der Waals surface area contributed by atoms with Crippen LogP contribution in [0.5, 0.6) is 0 Å². The molecule has 0 spiro atoms. The fraction of sp³-hybridized carbons (Fsp3) is 0.636. The van der Waals surface area contributed by atoms with Crippen molar-refractivity contribution in [3.8, 4) is 0 Å². The molecule has 1 saturated heterocycles. The number of aromatic nitrogens is 2. The van der Waals surface area contributed by atoms with Crippen LogP contribution in [0, 0.1) is 0 Å². The molecule has 1 unspecified atom stereocenters. The van der Waals surface area contributed by atoms with E-state index < -0.39 is 35.9 Å². The van der Waals surface area contributed by atoms with Crippen molar-refractivity contribution < 1.29 is 18.6 Å². The maximum atomic E-state index is 14.2. The molecule has 2 heterocycles. The van der Waals surface area contributed by atoms with Crippen LogP contribution in [0.2, 0.25) is 0 Å². The third-order valence-electron chi connectivity index (χ3n) is 3.00. The first-order chi connectivity index (χ1) is 9.08.